The fourth-order valence-corrected chi connectivity index (χ4v) is 4.57. The molecule has 30 heavy (non-hydrogen) atoms. The predicted octanol–water partition coefficient (Wildman–Crippen LogP) is 3.24. The van der Waals surface area contributed by atoms with Crippen LogP contribution in [-0.2, 0) is 4.79 Å². The fraction of sp³-hybridized carbons (Fsp3) is 0.455. The Hall–Kier alpha value is -3.03. The van der Waals surface area contributed by atoms with Crippen LogP contribution in [-0.4, -0.2) is 40.2 Å². The summed E-state index contributed by atoms with van der Waals surface area (Å²) in [6.07, 6.45) is 5.18. The van der Waals surface area contributed by atoms with E-state index in [9.17, 15) is 18.8 Å². The van der Waals surface area contributed by atoms with E-state index in [2.05, 4.69) is 15.3 Å². The number of imidazole rings is 1. The number of halogens is 1. The van der Waals surface area contributed by atoms with Crippen LogP contribution in [0, 0.1) is 11.2 Å². The van der Waals surface area contributed by atoms with Crippen LogP contribution in [0.3, 0.4) is 0 Å². The summed E-state index contributed by atoms with van der Waals surface area (Å²) in [5.41, 5.74) is 0.679. The van der Waals surface area contributed by atoms with Crippen molar-refractivity contribution >= 4 is 23.3 Å². The summed E-state index contributed by atoms with van der Waals surface area (Å²) in [4.78, 5) is 46.2. The molecule has 2 amide bonds. The third-order valence-electron chi connectivity index (χ3n) is 6.38. The SMILES string of the molecule is CCC(=O)c1nc[nH]c1C(=O)NC1CCC2(CC1)CCN(c1ccc(F)cc1)C2=O. The number of H-pyrrole nitrogens is 1. The standard InChI is InChI=1S/C22H25FN4O3/c1-2-17(28)18-19(25-13-24-18)20(29)26-15-7-9-22(10-8-15)11-12-27(21(22)30)16-5-3-14(23)4-6-16/h3-6,13,15H,2,7-12H2,1H3,(H,24,25)(H,26,29). The quantitative estimate of drug-likeness (QED) is 0.737. The molecule has 2 aromatic rings. The fourth-order valence-electron chi connectivity index (χ4n) is 4.57. The molecule has 2 aliphatic rings. The van der Waals surface area contributed by atoms with Crippen LogP contribution in [0.25, 0.3) is 0 Å². The molecule has 4 rings (SSSR count). The summed E-state index contributed by atoms with van der Waals surface area (Å²) in [6.45, 7) is 2.35. The van der Waals surface area contributed by atoms with Gasteiger partial charge in [0.05, 0.1) is 11.7 Å². The molecule has 1 spiro atoms. The van der Waals surface area contributed by atoms with Gasteiger partial charge in [-0.05, 0) is 56.4 Å². The van der Waals surface area contributed by atoms with Crippen LogP contribution in [0.4, 0.5) is 10.1 Å². The highest BCUT2D eigenvalue weighted by atomic mass is 19.1. The number of carbonyl (C=O) groups is 3. The minimum absolute atomic E-state index is 0.0522. The molecule has 1 aromatic heterocycles. The molecule has 1 aliphatic heterocycles. The molecule has 7 nitrogen and oxygen atoms in total. The maximum atomic E-state index is 13.2. The first kappa shape index (κ1) is 20.3. The zero-order valence-corrected chi connectivity index (χ0v) is 16.9. The van der Waals surface area contributed by atoms with Crippen LogP contribution in [0.2, 0.25) is 0 Å². The number of ketones is 1. The van der Waals surface area contributed by atoms with E-state index in [4.69, 9.17) is 0 Å². The highest BCUT2D eigenvalue weighted by molar-refractivity contribution is 6.05. The molecule has 2 N–H and O–H groups in total. The lowest BCUT2D eigenvalue weighted by Gasteiger charge is -2.36. The molecule has 2 fully saturated rings. The molecule has 1 aromatic carbocycles. The van der Waals surface area contributed by atoms with Gasteiger partial charge in [0.2, 0.25) is 5.91 Å². The second-order valence-corrected chi connectivity index (χ2v) is 8.11. The zero-order chi connectivity index (χ0) is 21.3. The van der Waals surface area contributed by atoms with Crippen molar-refractivity contribution in [2.45, 2.75) is 51.5 Å². The van der Waals surface area contributed by atoms with Crippen LogP contribution in [0.5, 0.6) is 0 Å². The number of rotatable bonds is 5. The number of benzene rings is 1. The number of carbonyl (C=O) groups excluding carboxylic acids is 3. The molecule has 8 heteroatoms. The lowest BCUT2D eigenvalue weighted by atomic mass is 9.71. The Bertz CT molecular complexity index is 961. The van der Waals surface area contributed by atoms with E-state index in [1.165, 1.54) is 18.5 Å². The minimum Gasteiger partial charge on any atom is -0.348 e. The molecule has 0 unspecified atom stereocenters. The molecule has 0 atom stereocenters. The number of Topliss-reactive ketones (excluding diaryl/α,β-unsaturated/α-hetero) is 1. The molecule has 2 heterocycles. The highest BCUT2D eigenvalue weighted by Gasteiger charge is 2.48. The number of aromatic nitrogens is 2. The Kier molecular flexibility index (Phi) is 5.40. The van der Waals surface area contributed by atoms with Crippen molar-refractivity contribution in [2.75, 3.05) is 11.4 Å². The van der Waals surface area contributed by atoms with E-state index >= 15 is 0 Å². The Morgan fingerprint density at radius 1 is 1.23 bits per heavy atom. The summed E-state index contributed by atoms with van der Waals surface area (Å²) < 4.78 is 13.2. The zero-order valence-electron chi connectivity index (χ0n) is 16.9. The maximum Gasteiger partial charge on any atom is 0.270 e. The third kappa shape index (κ3) is 3.62. The topological polar surface area (TPSA) is 95.2 Å². The number of aromatic amines is 1. The van der Waals surface area contributed by atoms with Crippen molar-refractivity contribution in [3.05, 3.63) is 47.8 Å². The monoisotopic (exact) mass is 412 g/mol. The van der Waals surface area contributed by atoms with Gasteiger partial charge in [0, 0.05) is 24.7 Å². The van der Waals surface area contributed by atoms with Crippen LogP contribution in [0.15, 0.2) is 30.6 Å². The molecule has 1 aliphatic carbocycles. The molecular formula is C22H25FN4O3. The Labute approximate surface area is 174 Å². The second-order valence-electron chi connectivity index (χ2n) is 8.11. The van der Waals surface area contributed by atoms with Crippen LogP contribution in [0.1, 0.15) is 66.4 Å². The van der Waals surface area contributed by atoms with Crippen molar-refractivity contribution < 1.29 is 18.8 Å². The lowest BCUT2D eigenvalue weighted by Crippen LogP contribution is -2.44. The van der Waals surface area contributed by atoms with Crippen molar-refractivity contribution in [3.8, 4) is 0 Å². The van der Waals surface area contributed by atoms with Crippen molar-refractivity contribution in [3.63, 3.8) is 0 Å². The van der Waals surface area contributed by atoms with Gasteiger partial charge in [-0.3, -0.25) is 14.4 Å². The summed E-state index contributed by atoms with van der Waals surface area (Å²) in [5.74, 6) is -0.752. The lowest BCUT2D eigenvalue weighted by molar-refractivity contribution is -0.127. The minimum atomic E-state index is -0.410. The largest absolute Gasteiger partial charge is 0.348 e. The van der Waals surface area contributed by atoms with Gasteiger partial charge in [0.1, 0.15) is 17.2 Å². The summed E-state index contributed by atoms with van der Waals surface area (Å²) in [5, 5.41) is 2.98. The van der Waals surface area contributed by atoms with Crippen molar-refractivity contribution in [1.29, 1.82) is 0 Å². The average molecular weight is 412 g/mol. The number of anilines is 1. The third-order valence-corrected chi connectivity index (χ3v) is 6.38. The molecular weight excluding hydrogens is 387 g/mol. The van der Waals surface area contributed by atoms with Gasteiger partial charge in [-0.25, -0.2) is 9.37 Å². The summed E-state index contributed by atoms with van der Waals surface area (Å²) in [7, 11) is 0. The van der Waals surface area contributed by atoms with Gasteiger partial charge >= 0.3 is 0 Å². The van der Waals surface area contributed by atoms with Gasteiger partial charge in [0.15, 0.2) is 5.78 Å². The van der Waals surface area contributed by atoms with E-state index < -0.39 is 5.41 Å². The van der Waals surface area contributed by atoms with E-state index in [-0.39, 0.29) is 47.3 Å². The second kappa shape index (κ2) is 8.01. The van der Waals surface area contributed by atoms with Gasteiger partial charge in [-0.15, -0.1) is 0 Å². The number of hydrogen-bond acceptors (Lipinski definition) is 4. The number of hydrogen-bond donors (Lipinski definition) is 2. The molecule has 1 saturated heterocycles. The molecule has 158 valence electrons. The first-order chi connectivity index (χ1) is 14.4. The van der Waals surface area contributed by atoms with Crippen LogP contribution < -0.4 is 10.2 Å². The Morgan fingerprint density at radius 2 is 1.93 bits per heavy atom. The Balaban J connectivity index is 1.38. The highest BCUT2D eigenvalue weighted by Crippen LogP contribution is 2.46. The number of nitrogens with one attached hydrogen (secondary N) is 2. The molecule has 1 saturated carbocycles. The molecule has 0 radical (unpaired) electrons. The maximum absolute atomic E-state index is 13.2. The first-order valence-electron chi connectivity index (χ1n) is 10.4. The van der Waals surface area contributed by atoms with E-state index in [0.717, 1.165) is 12.1 Å². The van der Waals surface area contributed by atoms with Gasteiger partial charge in [-0.2, -0.15) is 0 Å². The smallest absolute Gasteiger partial charge is 0.270 e. The van der Waals surface area contributed by atoms with E-state index in [1.807, 2.05) is 0 Å². The van der Waals surface area contributed by atoms with Crippen molar-refractivity contribution in [2.24, 2.45) is 5.41 Å². The van der Waals surface area contributed by atoms with Gasteiger partial charge in [0.25, 0.3) is 5.91 Å². The van der Waals surface area contributed by atoms with E-state index in [1.54, 1.807) is 24.0 Å². The van der Waals surface area contributed by atoms with Crippen molar-refractivity contribution in [1.82, 2.24) is 15.3 Å². The average Bonchev–Trinajstić information content (AvgIpc) is 3.36. The summed E-state index contributed by atoms with van der Waals surface area (Å²) in [6, 6.07) is 5.96. The number of nitrogens with zero attached hydrogens (tertiary/aromatic N) is 2. The molecule has 0 bridgehead atoms. The van der Waals surface area contributed by atoms with Gasteiger partial charge in [-0.1, -0.05) is 6.92 Å². The summed E-state index contributed by atoms with van der Waals surface area (Å²) >= 11 is 0. The first-order valence-corrected chi connectivity index (χ1v) is 10.4. The Morgan fingerprint density at radius 3 is 2.60 bits per heavy atom. The normalized spacial score (nSPS) is 23.7. The predicted molar refractivity (Wildman–Crippen MR) is 109 cm³/mol. The van der Waals surface area contributed by atoms with Crippen LogP contribution >= 0.6 is 0 Å². The van der Waals surface area contributed by atoms with Gasteiger partial charge < -0.3 is 15.2 Å². The van der Waals surface area contributed by atoms with E-state index in [0.29, 0.717) is 32.2 Å². The number of amides is 2.